The van der Waals surface area contributed by atoms with Gasteiger partial charge in [-0.25, -0.2) is 0 Å². The molecule has 0 aromatic heterocycles. The van der Waals surface area contributed by atoms with Gasteiger partial charge in [0.1, 0.15) is 0 Å². The number of hydrogen-bond acceptors (Lipinski definition) is 0. The van der Waals surface area contributed by atoms with Gasteiger partial charge in [0, 0.05) is 0 Å². The molecule has 0 nitrogen and oxygen atoms in total. The van der Waals surface area contributed by atoms with Gasteiger partial charge in [0.05, 0.1) is 6.47 Å². The van der Waals surface area contributed by atoms with E-state index < -0.39 is 0 Å². The Labute approximate surface area is 129 Å². The summed E-state index contributed by atoms with van der Waals surface area (Å²) >= 11 is 15.6. The molecule has 5 aliphatic rings. The van der Waals surface area contributed by atoms with Crippen molar-refractivity contribution in [1.82, 2.24) is 0 Å². The number of halogens is 4. The zero-order valence-electron chi connectivity index (χ0n) is 8.29. The second-order valence-electron chi connectivity index (χ2n) is 6.15. The van der Waals surface area contributed by atoms with Crippen molar-refractivity contribution in [3.05, 3.63) is 12.2 Å². The van der Waals surface area contributed by atoms with Crippen LogP contribution >= 0.6 is 63.7 Å². The van der Waals surface area contributed by atoms with Gasteiger partial charge in [-0.2, -0.15) is 0 Å². The fraction of sp³-hybridized carbons (Fsp3) is 0.833. The lowest BCUT2D eigenvalue weighted by Crippen LogP contribution is -2.27. The molecule has 0 aliphatic heterocycles. The average molecular weight is 474 g/mol. The monoisotopic (exact) mass is 470 g/mol. The summed E-state index contributed by atoms with van der Waals surface area (Å²) in [4.78, 5) is 0. The molecule has 0 amide bonds. The quantitative estimate of drug-likeness (QED) is 0.359. The molecule has 0 N–H and O–H groups in total. The summed E-state index contributed by atoms with van der Waals surface area (Å²) < 4.78 is 0.525. The summed E-state index contributed by atoms with van der Waals surface area (Å²) in [7, 11) is 0. The van der Waals surface area contributed by atoms with Crippen LogP contribution in [-0.2, 0) is 0 Å². The van der Waals surface area contributed by atoms with Crippen molar-refractivity contribution >= 4 is 63.7 Å². The fourth-order valence-corrected chi connectivity index (χ4v) is 9.63. The van der Waals surface area contributed by atoms with Crippen LogP contribution in [-0.4, -0.2) is 6.47 Å². The number of hydrogen-bond donors (Lipinski definition) is 0. The molecule has 0 heterocycles. The third kappa shape index (κ3) is 0.857. The maximum atomic E-state index is 3.90. The molecular formula is C12H10Br4. The Bertz CT molecular complexity index is 402. The minimum Gasteiger partial charge on any atom is -0.0844 e. The Balaban J connectivity index is 1.66. The van der Waals surface area contributed by atoms with E-state index in [9.17, 15) is 0 Å². The largest absolute Gasteiger partial charge is 0.0877 e. The first kappa shape index (κ1) is 10.4. The van der Waals surface area contributed by atoms with Gasteiger partial charge in [0.25, 0.3) is 0 Å². The molecule has 0 radical (unpaired) electrons. The highest BCUT2D eigenvalue weighted by Crippen LogP contribution is 2.88. The van der Waals surface area contributed by atoms with Crippen LogP contribution in [0.15, 0.2) is 12.2 Å². The second-order valence-corrected chi connectivity index (χ2v) is 13.5. The topological polar surface area (TPSA) is 0 Å². The molecule has 4 fully saturated rings. The molecule has 4 saturated carbocycles. The van der Waals surface area contributed by atoms with Crippen molar-refractivity contribution < 1.29 is 0 Å². The normalized spacial score (nSPS) is 68.8. The van der Waals surface area contributed by atoms with Crippen LogP contribution in [0, 0.1) is 47.3 Å². The first-order valence-corrected chi connectivity index (χ1v) is 9.08. The van der Waals surface area contributed by atoms with Gasteiger partial charge in [-0.3, -0.25) is 0 Å². The molecular weight excluding hydrogens is 464 g/mol. The van der Waals surface area contributed by atoms with E-state index in [1.165, 1.54) is 0 Å². The van der Waals surface area contributed by atoms with Crippen LogP contribution in [0.4, 0.5) is 0 Å². The summed E-state index contributed by atoms with van der Waals surface area (Å²) in [5.41, 5.74) is 0. The van der Waals surface area contributed by atoms with E-state index in [-0.39, 0.29) is 6.47 Å². The molecule has 0 bridgehead atoms. The van der Waals surface area contributed by atoms with Crippen molar-refractivity contribution in [2.75, 3.05) is 0 Å². The van der Waals surface area contributed by atoms with E-state index in [2.05, 4.69) is 75.9 Å². The van der Waals surface area contributed by atoms with E-state index >= 15 is 0 Å². The number of allylic oxidation sites excluding steroid dienone is 2. The van der Waals surface area contributed by atoms with Crippen LogP contribution in [0.25, 0.3) is 0 Å². The summed E-state index contributed by atoms with van der Waals surface area (Å²) in [6.07, 6.45) is 5.03. The third-order valence-corrected chi connectivity index (χ3v) is 10.1. The van der Waals surface area contributed by atoms with E-state index in [1.807, 2.05) is 0 Å². The predicted octanol–water partition coefficient (Wildman–Crippen LogP) is 4.51. The molecule has 4 heteroatoms. The number of alkyl halides is 4. The Morgan fingerprint density at radius 1 is 0.625 bits per heavy atom. The highest BCUT2D eigenvalue weighted by Gasteiger charge is 2.86. The first-order valence-electron chi connectivity index (χ1n) is 5.91. The molecule has 0 aromatic carbocycles. The molecule has 86 valence electrons. The SMILES string of the molecule is BrC1(Br)[C@@H]2[C@@H]3C=C[C@@H]4C3C([C@H]21)[C@@H]1[C@@H]4C1(Br)Br. The standard InChI is InChI=1S/C12H10Br4/c13-11(14)7-3-1-2-4-5(3)6(9(7)11)10-8(4)12(10,15)16/h1-10H/t3-,4-,5?,6?,7-,8-,9-,10-/m1/s1. The van der Waals surface area contributed by atoms with E-state index in [0.29, 0.717) is 0 Å². The van der Waals surface area contributed by atoms with Gasteiger partial charge < -0.3 is 0 Å². The van der Waals surface area contributed by atoms with E-state index in [1.54, 1.807) is 0 Å². The molecule has 5 rings (SSSR count). The minimum atomic E-state index is 0.263. The van der Waals surface area contributed by atoms with Gasteiger partial charge in [0.2, 0.25) is 0 Å². The highest BCUT2D eigenvalue weighted by molar-refractivity contribution is 9.26. The summed E-state index contributed by atoms with van der Waals surface area (Å²) in [5.74, 6) is 7.00. The summed E-state index contributed by atoms with van der Waals surface area (Å²) in [6, 6.07) is 0. The summed E-state index contributed by atoms with van der Waals surface area (Å²) in [5, 5.41) is 0. The lowest BCUT2D eigenvalue weighted by Gasteiger charge is -2.28. The van der Waals surface area contributed by atoms with E-state index in [0.717, 1.165) is 47.3 Å². The molecule has 6 atom stereocenters. The molecule has 0 aromatic rings. The van der Waals surface area contributed by atoms with Crippen LogP contribution < -0.4 is 0 Å². The minimum absolute atomic E-state index is 0.263. The Kier molecular flexibility index (Phi) is 1.70. The first-order chi connectivity index (χ1) is 7.47. The zero-order valence-corrected chi connectivity index (χ0v) is 14.6. The van der Waals surface area contributed by atoms with Crippen LogP contribution in [0.3, 0.4) is 0 Å². The van der Waals surface area contributed by atoms with Crippen LogP contribution in [0.1, 0.15) is 0 Å². The Morgan fingerprint density at radius 3 is 1.50 bits per heavy atom. The molecule has 0 spiro atoms. The highest BCUT2D eigenvalue weighted by atomic mass is 79.9. The van der Waals surface area contributed by atoms with Crippen LogP contribution in [0.2, 0.25) is 0 Å². The molecule has 16 heavy (non-hydrogen) atoms. The second kappa shape index (κ2) is 2.60. The van der Waals surface area contributed by atoms with Crippen molar-refractivity contribution in [2.24, 2.45) is 47.3 Å². The third-order valence-electron chi connectivity index (χ3n) is 5.88. The smallest absolute Gasteiger partial charge is 0.0844 e. The maximum absolute atomic E-state index is 3.90. The molecule has 5 aliphatic carbocycles. The zero-order chi connectivity index (χ0) is 11.0. The van der Waals surface area contributed by atoms with Gasteiger partial charge in [-0.05, 0) is 47.3 Å². The summed E-state index contributed by atoms with van der Waals surface area (Å²) in [6.45, 7) is 0. The lowest BCUT2D eigenvalue weighted by molar-refractivity contribution is 0.275. The van der Waals surface area contributed by atoms with Gasteiger partial charge in [0.15, 0.2) is 0 Å². The Hall–Kier alpha value is 1.66. The molecule has 0 unspecified atom stereocenters. The average Bonchev–Trinajstić information content (AvgIpc) is 2.80. The van der Waals surface area contributed by atoms with Crippen molar-refractivity contribution in [2.45, 2.75) is 6.47 Å². The van der Waals surface area contributed by atoms with Crippen molar-refractivity contribution in [3.8, 4) is 0 Å². The van der Waals surface area contributed by atoms with Crippen molar-refractivity contribution in [3.63, 3.8) is 0 Å². The maximum Gasteiger partial charge on any atom is 0.0877 e. The number of rotatable bonds is 0. The molecule has 0 saturated heterocycles. The van der Waals surface area contributed by atoms with Crippen LogP contribution in [0.5, 0.6) is 0 Å². The van der Waals surface area contributed by atoms with Gasteiger partial charge in [-0.15, -0.1) is 0 Å². The van der Waals surface area contributed by atoms with Gasteiger partial charge in [-0.1, -0.05) is 75.9 Å². The van der Waals surface area contributed by atoms with Gasteiger partial charge >= 0.3 is 0 Å². The predicted molar refractivity (Wildman–Crippen MR) is 78.2 cm³/mol. The number of fused-ring (bicyclic) bond motifs is 6. The van der Waals surface area contributed by atoms with E-state index in [4.69, 9.17) is 0 Å². The Morgan fingerprint density at radius 2 is 1.06 bits per heavy atom. The lowest BCUT2D eigenvalue weighted by atomic mass is 9.82. The van der Waals surface area contributed by atoms with Crippen molar-refractivity contribution in [1.29, 1.82) is 0 Å². The fourth-order valence-electron chi connectivity index (χ4n) is 5.44.